The van der Waals surface area contributed by atoms with Crippen LogP contribution in [0.4, 0.5) is 0 Å². The average molecular weight is 158 g/mol. The van der Waals surface area contributed by atoms with Gasteiger partial charge in [-0.05, 0) is 13.0 Å². The fourth-order valence-corrected chi connectivity index (χ4v) is 1.18. The third-order valence-electron chi connectivity index (χ3n) is 1.70. The third kappa shape index (κ3) is 2.86. The lowest BCUT2D eigenvalue weighted by atomic mass is 10.2. The van der Waals surface area contributed by atoms with E-state index in [2.05, 4.69) is 15.4 Å². The summed E-state index contributed by atoms with van der Waals surface area (Å²) in [4.78, 5) is 10.9. The van der Waals surface area contributed by atoms with E-state index in [9.17, 15) is 4.79 Å². The second-order valence-electron chi connectivity index (χ2n) is 2.69. The molecule has 0 aliphatic carbocycles. The van der Waals surface area contributed by atoms with E-state index < -0.39 is 0 Å². The minimum Gasteiger partial charge on any atom is -0.375 e. The van der Waals surface area contributed by atoms with Crippen LogP contribution in [0, 0.1) is 0 Å². The zero-order valence-electron chi connectivity index (χ0n) is 6.72. The molecular formula is C7H14N2O2. The molecule has 0 aromatic carbocycles. The van der Waals surface area contributed by atoms with Crippen molar-refractivity contribution in [3.8, 4) is 0 Å². The summed E-state index contributed by atoms with van der Waals surface area (Å²) in [6.45, 7) is 2.05. The lowest BCUT2D eigenvalue weighted by molar-refractivity contribution is -0.125. The molecule has 11 heavy (non-hydrogen) atoms. The minimum absolute atomic E-state index is 0.0267. The van der Waals surface area contributed by atoms with Gasteiger partial charge in [0.2, 0.25) is 5.91 Å². The van der Waals surface area contributed by atoms with Gasteiger partial charge in [-0.2, -0.15) is 0 Å². The molecular weight excluding hydrogens is 144 g/mol. The number of carbonyl (C=O) groups is 1. The molecule has 1 aliphatic heterocycles. The Bertz CT molecular complexity index is 132. The first-order chi connectivity index (χ1) is 5.33. The van der Waals surface area contributed by atoms with Crippen molar-refractivity contribution in [3.63, 3.8) is 0 Å². The highest BCUT2D eigenvalue weighted by Gasteiger charge is 2.15. The highest BCUT2D eigenvalue weighted by molar-refractivity contribution is 5.77. The fraction of sp³-hybridized carbons (Fsp3) is 0.857. The van der Waals surface area contributed by atoms with Gasteiger partial charge in [-0.15, -0.1) is 0 Å². The topological polar surface area (TPSA) is 50.4 Å². The molecule has 1 aliphatic rings. The molecule has 64 valence electrons. The van der Waals surface area contributed by atoms with Gasteiger partial charge in [0.15, 0.2) is 0 Å². The van der Waals surface area contributed by atoms with E-state index in [-0.39, 0.29) is 12.5 Å². The van der Waals surface area contributed by atoms with Gasteiger partial charge in [-0.25, -0.2) is 0 Å². The molecule has 0 spiro atoms. The van der Waals surface area contributed by atoms with Gasteiger partial charge in [0, 0.05) is 19.7 Å². The van der Waals surface area contributed by atoms with Crippen LogP contribution < -0.4 is 10.6 Å². The monoisotopic (exact) mass is 158 g/mol. The number of hydrogen-bond donors (Lipinski definition) is 2. The molecule has 4 nitrogen and oxygen atoms in total. The molecule has 4 heteroatoms. The zero-order chi connectivity index (χ0) is 8.10. The van der Waals surface area contributed by atoms with Gasteiger partial charge in [0.05, 0.1) is 0 Å². The quantitative estimate of drug-likeness (QED) is 0.560. The molecule has 0 unspecified atom stereocenters. The van der Waals surface area contributed by atoms with Gasteiger partial charge >= 0.3 is 0 Å². The van der Waals surface area contributed by atoms with Crippen LogP contribution in [0.25, 0.3) is 0 Å². The number of ether oxygens (including phenoxy) is 1. The summed E-state index contributed by atoms with van der Waals surface area (Å²) >= 11 is 0. The Morgan fingerprint density at radius 1 is 1.82 bits per heavy atom. The van der Waals surface area contributed by atoms with Crippen LogP contribution in [0.1, 0.15) is 6.42 Å². The molecule has 0 radical (unpaired) electrons. The Balaban J connectivity index is 2.13. The third-order valence-corrected chi connectivity index (χ3v) is 1.70. The van der Waals surface area contributed by atoms with Crippen LogP contribution in [-0.4, -0.2) is 38.8 Å². The zero-order valence-corrected chi connectivity index (χ0v) is 6.72. The predicted octanol–water partition coefficient (Wildman–Crippen LogP) is -0.889. The molecule has 1 fully saturated rings. The number of hydrogen-bond acceptors (Lipinski definition) is 3. The second kappa shape index (κ2) is 4.31. The maximum atomic E-state index is 10.9. The van der Waals surface area contributed by atoms with E-state index >= 15 is 0 Å². The summed E-state index contributed by atoms with van der Waals surface area (Å²) in [5.74, 6) is -0.0267. The van der Waals surface area contributed by atoms with E-state index in [0.29, 0.717) is 6.04 Å². The van der Waals surface area contributed by atoms with Crippen molar-refractivity contribution in [2.45, 2.75) is 12.5 Å². The minimum atomic E-state index is -0.0267. The number of rotatable bonds is 3. The molecule has 0 saturated carbocycles. The summed E-state index contributed by atoms with van der Waals surface area (Å²) in [6.07, 6.45) is 1.02. The molecule has 1 atom stereocenters. The number of nitrogens with one attached hydrogen (secondary N) is 2. The first-order valence-electron chi connectivity index (χ1n) is 3.82. The molecule has 1 saturated heterocycles. The predicted molar refractivity (Wildman–Crippen MR) is 41.3 cm³/mol. The fourth-order valence-electron chi connectivity index (χ4n) is 1.18. The van der Waals surface area contributed by atoms with Crippen molar-refractivity contribution in [1.29, 1.82) is 0 Å². The first-order valence-corrected chi connectivity index (χ1v) is 3.82. The van der Waals surface area contributed by atoms with Crippen molar-refractivity contribution in [2.75, 3.05) is 26.8 Å². The van der Waals surface area contributed by atoms with Crippen LogP contribution in [0.2, 0.25) is 0 Å². The van der Waals surface area contributed by atoms with E-state index in [1.807, 2.05) is 0 Å². The van der Waals surface area contributed by atoms with Crippen LogP contribution in [0.5, 0.6) is 0 Å². The van der Waals surface area contributed by atoms with Crippen LogP contribution in [0.15, 0.2) is 0 Å². The van der Waals surface area contributed by atoms with E-state index in [0.717, 1.165) is 19.5 Å². The Morgan fingerprint density at radius 3 is 3.18 bits per heavy atom. The van der Waals surface area contributed by atoms with Gasteiger partial charge in [0.25, 0.3) is 0 Å². The molecule has 0 aromatic rings. The molecule has 1 amide bonds. The number of methoxy groups -OCH3 is 1. The molecule has 0 aromatic heterocycles. The van der Waals surface area contributed by atoms with Crippen molar-refractivity contribution in [2.24, 2.45) is 0 Å². The van der Waals surface area contributed by atoms with Gasteiger partial charge in [0.1, 0.15) is 6.61 Å². The summed E-state index contributed by atoms with van der Waals surface area (Å²) in [6, 6.07) is 0.303. The number of amides is 1. The van der Waals surface area contributed by atoms with Crippen molar-refractivity contribution in [3.05, 3.63) is 0 Å². The lowest BCUT2D eigenvalue weighted by Crippen LogP contribution is -2.38. The maximum Gasteiger partial charge on any atom is 0.246 e. The second-order valence-corrected chi connectivity index (χ2v) is 2.69. The van der Waals surface area contributed by atoms with Gasteiger partial charge in [-0.3, -0.25) is 4.79 Å². The summed E-state index contributed by atoms with van der Waals surface area (Å²) in [7, 11) is 1.52. The van der Waals surface area contributed by atoms with E-state index in [1.165, 1.54) is 7.11 Å². The lowest BCUT2D eigenvalue weighted by Gasteiger charge is -2.09. The highest BCUT2D eigenvalue weighted by atomic mass is 16.5. The first kappa shape index (κ1) is 8.49. The van der Waals surface area contributed by atoms with Gasteiger partial charge < -0.3 is 15.4 Å². The molecule has 0 bridgehead atoms. The van der Waals surface area contributed by atoms with Crippen LogP contribution >= 0.6 is 0 Å². The average Bonchev–Trinajstić information content (AvgIpc) is 2.40. The van der Waals surface area contributed by atoms with E-state index in [1.54, 1.807) is 0 Å². The molecule has 1 heterocycles. The Kier molecular flexibility index (Phi) is 3.32. The van der Waals surface area contributed by atoms with Crippen molar-refractivity contribution < 1.29 is 9.53 Å². The van der Waals surface area contributed by atoms with Crippen LogP contribution in [-0.2, 0) is 9.53 Å². The smallest absolute Gasteiger partial charge is 0.246 e. The normalized spacial score (nSPS) is 23.5. The summed E-state index contributed by atoms with van der Waals surface area (Å²) in [5, 5.41) is 6.02. The Morgan fingerprint density at radius 2 is 2.64 bits per heavy atom. The Hall–Kier alpha value is -0.610. The highest BCUT2D eigenvalue weighted by Crippen LogP contribution is 1.95. The number of carbonyl (C=O) groups excluding carboxylic acids is 1. The largest absolute Gasteiger partial charge is 0.375 e. The summed E-state index contributed by atoms with van der Waals surface area (Å²) < 4.78 is 4.68. The van der Waals surface area contributed by atoms with Crippen LogP contribution in [0.3, 0.4) is 0 Å². The molecule has 2 N–H and O–H groups in total. The van der Waals surface area contributed by atoms with E-state index in [4.69, 9.17) is 0 Å². The SMILES string of the molecule is COCC(=O)N[C@H]1CCNC1. The molecule has 1 rings (SSSR count). The summed E-state index contributed by atoms with van der Waals surface area (Å²) in [5.41, 5.74) is 0. The standard InChI is InChI=1S/C7H14N2O2/c1-11-5-7(10)9-6-2-3-8-4-6/h6,8H,2-5H2,1H3,(H,9,10)/t6-/m0/s1. The van der Waals surface area contributed by atoms with Crippen molar-refractivity contribution >= 4 is 5.91 Å². The maximum absolute atomic E-state index is 10.9. The Labute approximate surface area is 66.3 Å². The van der Waals surface area contributed by atoms with Crippen molar-refractivity contribution in [1.82, 2.24) is 10.6 Å². The van der Waals surface area contributed by atoms with Gasteiger partial charge in [-0.1, -0.05) is 0 Å².